The fraction of sp³-hybridized carbons (Fsp3) is 0.667. The lowest BCUT2D eigenvalue weighted by molar-refractivity contribution is 0.0519. The summed E-state index contributed by atoms with van der Waals surface area (Å²) < 4.78 is 10.5. The van der Waals surface area contributed by atoms with E-state index in [0.717, 1.165) is 5.76 Å². The molecular weight excluding hydrogens is 292 g/mol. The highest BCUT2D eigenvalue weighted by molar-refractivity contribution is 6.28. The van der Waals surface area contributed by atoms with Gasteiger partial charge in [0.05, 0.1) is 6.54 Å². The molecule has 1 heterocycles. The molecule has 0 fully saturated rings. The van der Waals surface area contributed by atoms with Crippen LogP contribution in [0.3, 0.4) is 0 Å². The van der Waals surface area contributed by atoms with Crippen LogP contribution in [0.5, 0.6) is 0 Å². The first-order valence-electron chi connectivity index (χ1n) is 7.12. The highest BCUT2D eigenvalue weighted by Gasteiger charge is 2.19. The molecule has 1 aromatic rings. The zero-order chi connectivity index (χ0) is 16.0. The molecule has 0 aliphatic carbocycles. The molecule has 1 aromatic heterocycles. The molecule has 1 unspecified atom stereocenters. The molecule has 1 amide bonds. The fourth-order valence-corrected chi connectivity index (χ4v) is 1.89. The van der Waals surface area contributed by atoms with Gasteiger partial charge in [-0.2, -0.15) is 0 Å². The van der Waals surface area contributed by atoms with Gasteiger partial charge in [0.2, 0.25) is 0 Å². The summed E-state index contributed by atoms with van der Waals surface area (Å²) in [4.78, 5) is 11.7. The molecule has 1 rings (SSSR count). The maximum absolute atomic E-state index is 11.7. The van der Waals surface area contributed by atoms with Gasteiger partial charge < -0.3 is 19.8 Å². The van der Waals surface area contributed by atoms with Crippen LogP contribution < -0.4 is 10.6 Å². The van der Waals surface area contributed by atoms with Gasteiger partial charge in [-0.25, -0.2) is 4.79 Å². The second-order valence-electron chi connectivity index (χ2n) is 6.32. The van der Waals surface area contributed by atoms with Crippen LogP contribution in [0.25, 0.3) is 0 Å². The van der Waals surface area contributed by atoms with Crippen LogP contribution >= 0.6 is 11.6 Å². The molecule has 0 saturated carbocycles. The normalized spacial score (nSPS) is 13.3. The quantitative estimate of drug-likeness (QED) is 0.842. The summed E-state index contributed by atoms with van der Waals surface area (Å²) in [6.45, 7) is 10.7. The zero-order valence-electron chi connectivity index (χ0n) is 13.3. The maximum Gasteiger partial charge on any atom is 0.407 e. The van der Waals surface area contributed by atoms with E-state index < -0.39 is 11.7 Å². The van der Waals surface area contributed by atoms with E-state index in [9.17, 15) is 4.79 Å². The second kappa shape index (κ2) is 7.71. The van der Waals surface area contributed by atoms with Crippen molar-refractivity contribution in [3.63, 3.8) is 0 Å². The Morgan fingerprint density at radius 1 is 1.38 bits per heavy atom. The lowest BCUT2D eigenvalue weighted by Crippen LogP contribution is -2.45. The molecule has 6 heteroatoms. The van der Waals surface area contributed by atoms with Crippen LogP contribution in [0.4, 0.5) is 4.79 Å². The maximum atomic E-state index is 11.7. The number of amides is 1. The topological polar surface area (TPSA) is 63.5 Å². The van der Waals surface area contributed by atoms with Crippen molar-refractivity contribution < 1.29 is 13.9 Å². The van der Waals surface area contributed by atoms with E-state index in [1.165, 1.54) is 0 Å². The number of halogens is 1. The van der Waals surface area contributed by atoms with Crippen LogP contribution in [-0.4, -0.2) is 24.3 Å². The van der Waals surface area contributed by atoms with Crippen LogP contribution in [0.1, 0.15) is 40.4 Å². The summed E-state index contributed by atoms with van der Waals surface area (Å²) >= 11 is 5.73. The van der Waals surface area contributed by atoms with Gasteiger partial charge in [-0.3, -0.25) is 0 Å². The van der Waals surface area contributed by atoms with E-state index in [4.69, 9.17) is 20.8 Å². The number of nitrogens with one attached hydrogen (secondary N) is 2. The SMILES string of the molecule is CC(C)C(CNC(=O)OC(C)(C)C)NCc1ccc(Cl)o1. The van der Waals surface area contributed by atoms with E-state index in [1.807, 2.05) is 26.8 Å². The summed E-state index contributed by atoms with van der Waals surface area (Å²) in [6.07, 6.45) is -0.406. The van der Waals surface area contributed by atoms with E-state index in [-0.39, 0.29) is 6.04 Å². The third kappa shape index (κ3) is 7.39. The molecule has 0 aliphatic rings. The number of carbonyl (C=O) groups excluding carboxylic acids is 1. The first-order chi connectivity index (χ1) is 9.67. The lowest BCUT2D eigenvalue weighted by atomic mass is 10.0. The van der Waals surface area contributed by atoms with Gasteiger partial charge in [-0.1, -0.05) is 13.8 Å². The van der Waals surface area contributed by atoms with E-state index in [1.54, 1.807) is 6.07 Å². The van der Waals surface area contributed by atoms with Gasteiger partial charge in [0, 0.05) is 12.6 Å². The van der Waals surface area contributed by atoms with Crippen molar-refractivity contribution in [2.24, 2.45) is 5.92 Å². The van der Waals surface area contributed by atoms with Gasteiger partial charge in [0.1, 0.15) is 11.4 Å². The molecule has 0 bridgehead atoms. The van der Waals surface area contributed by atoms with Crippen molar-refractivity contribution in [2.75, 3.05) is 6.54 Å². The predicted molar refractivity (Wildman–Crippen MR) is 83.4 cm³/mol. The smallest absolute Gasteiger partial charge is 0.407 e. The Kier molecular flexibility index (Phi) is 6.55. The summed E-state index contributed by atoms with van der Waals surface area (Å²) in [5.41, 5.74) is -0.490. The Bertz CT molecular complexity index is 452. The minimum atomic E-state index is -0.490. The third-order valence-electron chi connectivity index (χ3n) is 2.84. The lowest BCUT2D eigenvalue weighted by Gasteiger charge is -2.24. The largest absolute Gasteiger partial charge is 0.448 e. The van der Waals surface area contributed by atoms with Gasteiger partial charge in [0.25, 0.3) is 0 Å². The van der Waals surface area contributed by atoms with Gasteiger partial charge >= 0.3 is 6.09 Å². The number of hydrogen-bond acceptors (Lipinski definition) is 4. The minimum Gasteiger partial charge on any atom is -0.448 e. The molecule has 21 heavy (non-hydrogen) atoms. The molecule has 1 atom stereocenters. The van der Waals surface area contributed by atoms with Crippen molar-refractivity contribution in [3.8, 4) is 0 Å². The van der Waals surface area contributed by atoms with Crippen molar-refractivity contribution in [1.82, 2.24) is 10.6 Å². The predicted octanol–water partition coefficient (Wildman–Crippen LogP) is 3.57. The van der Waals surface area contributed by atoms with Gasteiger partial charge in [0.15, 0.2) is 5.22 Å². The zero-order valence-corrected chi connectivity index (χ0v) is 14.1. The average Bonchev–Trinajstić information content (AvgIpc) is 2.72. The van der Waals surface area contributed by atoms with E-state index in [2.05, 4.69) is 24.5 Å². The van der Waals surface area contributed by atoms with Crippen molar-refractivity contribution in [1.29, 1.82) is 0 Å². The monoisotopic (exact) mass is 316 g/mol. The molecule has 5 nitrogen and oxygen atoms in total. The number of ether oxygens (including phenoxy) is 1. The Balaban J connectivity index is 2.41. The Morgan fingerprint density at radius 3 is 2.52 bits per heavy atom. The molecule has 0 radical (unpaired) electrons. The summed E-state index contributed by atoms with van der Waals surface area (Å²) in [5.74, 6) is 1.12. The van der Waals surface area contributed by atoms with E-state index >= 15 is 0 Å². The Morgan fingerprint density at radius 2 is 2.05 bits per heavy atom. The van der Waals surface area contributed by atoms with E-state index in [0.29, 0.717) is 24.2 Å². The number of rotatable bonds is 6. The minimum absolute atomic E-state index is 0.112. The summed E-state index contributed by atoms with van der Waals surface area (Å²) in [7, 11) is 0. The average molecular weight is 317 g/mol. The summed E-state index contributed by atoms with van der Waals surface area (Å²) in [6, 6.07) is 3.65. The molecule has 2 N–H and O–H groups in total. The molecule has 0 aromatic carbocycles. The van der Waals surface area contributed by atoms with Crippen LogP contribution in [-0.2, 0) is 11.3 Å². The number of furan rings is 1. The number of alkyl carbamates (subject to hydrolysis) is 1. The highest BCUT2D eigenvalue weighted by atomic mass is 35.5. The first-order valence-corrected chi connectivity index (χ1v) is 7.49. The Hall–Kier alpha value is -1.20. The van der Waals surface area contributed by atoms with Crippen LogP contribution in [0.2, 0.25) is 5.22 Å². The van der Waals surface area contributed by atoms with Crippen molar-refractivity contribution in [3.05, 3.63) is 23.1 Å². The molecule has 0 saturated heterocycles. The number of hydrogen-bond donors (Lipinski definition) is 2. The first kappa shape index (κ1) is 17.9. The second-order valence-corrected chi connectivity index (χ2v) is 6.69. The van der Waals surface area contributed by atoms with Crippen molar-refractivity contribution in [2.45, 2.75) is 52.8 Å². The van der Waals surface area contributed by atoms with Gasteiger partial charge in [-0.15, -0.1) is 0 Å². The molecule has 120 valence electrons. The van der Waals surface area contributed by atoms with Crippen LogP contribution in [0.15, 0.2) is 16.5 Å². The third-order valence-corrected chi connectivity index (χ3v) is 3.04. The highest BCUT2D eigenvalue weighted by Crippen LogP contribution is 2.13. The standard InChI is InChI=1S/C15H25ClN2O3/c1-10(2)12(9-18-14(19)21-15(3,4)5)17-8-11-6-7-13(16)20-11/h6-7,10,12,17H,8-9H2,1-5H3,(H,18,19). The molecule has 0 spiro atoms. The Labute approximate surface area is 131 Å². The fourth-order valence-electron chi connectivity index (χ4n) is 1.73. The van der Waals surface area contributed by atoms with Crippen molar-refractivity contribution >= 4 is 17.7 Å². The molecular formula is C15H25ClN2O3. The van der Waals surface area contributed by atoms with Crippen LogP contribution in [0, 0.1) is 5.92 Å². The summed E-state index contributed by atoms with van der Waals surface area (Å²) in [5, 5.41) is 6.50. The van der Waals surface area contributed by atoms with Gasteiger partial charge in [-0.05, 0) is 50.4 Å². The molecule has 0 aliphatic heterocycles. The number of carbonyl (C=O) groups is 1.